The number of benzene rings is 2. The normalized spacial score (nSPS) is 10.9. The van der Waals surface area contributed by atoms with Crippen molar-refractivity contribution in [2.45, 2.75) is 20.5 Å². The quantitative estimate of drug-likeness (QED) is 0.511. The van der Waals surface area contributed by atoms with Crippen molar-refractivity contribution in [2.24, 2.45) is 0 Å². The number of hydrogen-bond donors (Lipinski definition) is 0. The molecule has 0 spiro atoms. The van der Waals surface area contributed by atoms with E-state index in [1.54, 1.807) is 20.1 Å². The van der Waals surface area contributed by atoms with Crippen molar-refractivity contribution in [3.05, 3.63) is 71.6 Å². The summed E-state index contributed by atoms with van der Waals surface area (Å²) in [6, 6.07) is 15.0. The molecule has 0 radical (unpaired) electrons. The van der Waals surface area contributed by atoms with Crippen LogP contribution in [0.3, 0.4) is 0 Å². The Morgan fingerprint density at radius 2 is 1.93 bits per heavy atom. The fourth-order valence-corrected chi connectivity index (χ4v) is 2.69. The fraction of sp³-hybridized carbons (Fsp3) is 0.217. The predicted molar refractivity (Wildman–Crippen MR) is 110 cm³/mol. The van der Waals surface area contributed by atoms with Crippen LogP contribution in [0.5, 0.6) is 11.5 Å². The van der Waals surface area contributed by atoms with Crippen molar-refractivity contribution in [3.8, 4) is 23.0 Å². The molecule has 2 aromatic carbocycles. The van der Waals surface area contributed by atoms with E-state index in [0.717, 1.165) is 11.1 Å². The molecule has 0 saturated carbocycles. The van der Waals surface area contributed by atoms with Gasteiger partial charge in [0.2, 0.25) is 5.89 Å². The molecule has 6 heteroatoms. The standard InChI is InChI=1S/C23H23NO5/c1-4-8-17-11-12-20(21(13-17)26-3)27-15-22(25)28-14-19-16(2)29-23(24-19)18-9-6-5-7-10-18/h4-13H,14-15H2,1-3H3/b8-4+. The van der Waals surface area contributed by atoms with E-state index in [2.05, 4.69) is 4.98 Å². The number of nitrogens with zero attached hydrogens (tertiary/aromatic N) is 1. The Kier molecular flexibility index (Phi) is 6.68. The summed E-state index contributed by atoms with van der Waals surface area (Å²) in [7, 11) is 1.55. The van der Waals surface area contributed by atoms with Gasteiger partial charge in [0.1, 0.15) is 18.1 Å². The summed E-state index contributed by atoms with van der Waals surface area (Å²) in [5.41, 5.74) is 2.42. The lowest BCUT2D eigenvalue weighted by atomic mass is 10.2. The van der Waals surface area contributed by atoms with Crippen LogP contribution >= 0.6 is 0 Å². The molecule has 0 bridgehead atoms. The van der Waals surface area contributed by atoms with E-state index < -0.39 is 5.97 Å². The summed E-state index contributed by atoms with van der Waals surface area (Å²) in [5.74, 6) is 1.62. The van der Waals surface area contributed by atoms with Crippen LogP contribution in [0.25, 0.3) is 17.5 Å². The second kappa shape index (κ2) is 9.59. The van der Waals surface area contributed by atoms with Gasteiger partial charge in [-0.1, -0.05) is 36.4 Å². The van der Waals surface area contributed by atoms with Crippen molar-refractivity contribution in [1.29, 1.82) is 0 Å². The van der Waals surface area contributed by atoms with Gasteiger partial charge in [0.25, 0.3) is 0 Å². The topological polar surface area (TPSA) is 70.8 Å². The lowest BCUT2D eigenvalue weighted by Gasteiger charge is -2.11. The van der Waals surface area contributed by atoms with E-state index in [0.29, 0.717) is 28.8 Å². The van der Waals surface area contributed by atoms with Gasteiger partial charge >= 0.3 is 5.97 Å². The summed E-state index contributed by atoms with van der Waals surface area (Å²) < 4.78 is 21.8. The Morgan fingerprint density at radius 1 is 1.14 bits per heavy atom. The summed E-state index contributed by atoms with van der Waals surface area (Å²) in [6.45, 7) is 3.51. The molecule has 0 unspecified atom stereocenters. The maximum atomic E-state index is 12.1. The smallest absolute Gasteiger partial charge is 0.344 e. The molecule has 0 aliphatic carbocycles. The molecule has 3 rings (SSSR count). The van der Waals surface area contributed by atoms with Crippen molar-refractivity contribution in [3.63, 3.8) is 0 Å². The molecule has 6 nitrogen and oxygen atoms in total. The van der Waals surface area contributed by atoms with Crippen molar-refractivity contribution >= 4 is 12.0 Å². The molecule has 0 atom stereocenters. The number of carbonyl (C=O) groups excluding carboxylic acids is 1. The minimum Gasteiger partial charge on any atom is -0.493 e. The number of allylic oxidation sites excluding steroid dienone is 1. The Balaban J connectivity index is 1.56. The van der Waals surface area contributed by atoms with Gasteiger partial charge in [0.15, 0.2) is 18.1 Å². The lowest BCUT2D eigenvalue weighted by molar-refractivity contribution is -0.147. The summed E-state index contributed by atoms with van der Waals surface area (Å²) in [5, 5.41) is 0. The van der Waals surface area contributed by atoms with Crippen LogP contribution in [-0.4, -0.2) is 24.7 Å². The largest absolute Gasteiger partial charge is 0.493 e. The highest BCUT2D eigenvalue weighted by atomic mass is 16.6. The average Bonchev–Trinajstić information content (AvgIpc) is 3.12. The zero-order valence-electron chi connectivity index (χ0n) is 16.7. The molecule has 1 heterocycles. The van der Waals surface area contributed by atoms with E-state index in [9.17, 15) is 4.79 Å². The molecule has 0 fully saturated rings. The van der Waals surface area contributed by atoms with Gasteiger partial charge in [-0.2, -0.15) is 0 Å². The molecule has 0 saturated heterocycles. The molecular weight excluding hydrogens is 370 g/mol. The van der Waals surface area contributed by atoms with E-state index in [4.69, 9.17) is 18.6 Å². The number of methoxy groups -OCH3 is 1. The minimum atomic E-state index is -0.506. The monoisotopic (exact) mass is 393 g/mol. The highest BCUT2D eigenvalue weighted by molar-refractivity contribution is 5.71. The maximum Gasteiger partial charge on any atom is 0.344 e. The van der Waals surface area contributed by atoms with Crippen LogP contribution in [0.15, 0.2) is 59.0 Å². The minimum absolute atomic E-state index is 0.0156. The van der Waals surface area contributed by atoms with Gasteiger partial charge in [-0.25, -0.2) is 9.78 Å². The zero-order chi connectivity index (χ0) is 20.6. The highest BCUT2D eigenvalue weighted by Crippen LogP contribution is 2.28. The van der Waals surface area contributed by atoms with Crippen LogP contribution in [0.1, 0.15) is 23.9 Å². The van der Waals surface area contributed by atoms with Crippen LogP contribution in [0.4, 0.5) is 0 Å². The van der Waals surface area contributed by atoms with E-state index in [-0.39, 0.29) is 13.2 Å². The molecule has 29 heavy (non-hydrogen) atoms. The van der Waals surface area contributed by atoms with E-state index >= 15 is 0 Å². The van der Waals surface area contributed by atoms with Gasteiger partial charge < -0.3 is 18.6 Å². The number of rotatable bonds is 8. The van der Waals surface area contributed by atoms with Crippen LogP contribution in [-0.2, 0) is 16.1 Å². The fourth-order valence-electron chi connectivity index (χ4n) is 2.69. The third kappa shape index (κ3) is 5.25. The third-order valence-electron chi connectivity index (χ3n) is 4.18. The number of aryl methyl sites for hydroxylation is 1. The Hall–Kier alpha value is -3.54. The number of hydrogen-bond acceptors (Lipinski definition) is 6. The predicted octanol–water partition coefficient (Wildman–Crippen LogP) is 4.81. The lowest BCUT2D eigenvalue weighted by Crippen LogP contribution is -2.15. The number of oxazole rings is 1. The molecule has 3 aromatic rings. The molecule has 0 aliphatic heterocycles. The van der Waals surface area contributed by atoms with Crippen molar-refractivity contribution < 1.29 is 23.4 Å². The average molecular weight is 393 g/mol. The van der Waals surface area contributed by atoms with Crippen molar-refractivity contribution in [1.82, 2.24) is 4.98 Å². The summed E-state index contributed by atoms with van der Waals surface area (Å²) >= 11 is 0. The first-order valence-corrected chi connectivity index (χ1v) is 9.21. The highest BCUT2D eigenvalue weighted by Gasteiger charge is 2.14. The van der Waals surface area contributed by atoms with Gasteiger partial charge in [-0.3, -0.25) is 0 Å². The molecule has 1 aromatic heterocycles. The van der Waals surface area contributed by atoms with Crippen LogP contribution in [0, 0.1) is 6.92 Å². The Morgan fingerprint density at radius 3 is 2.66 bits per heavy atom. The van der Waals surface area contributed by atoms with Gasteiger partial charge in [-0.05, 0) is 43.7 Å². The zero-order valence-corrected chi connectivity index (χ0v) is 16.7. The molecule has 150 valence electrons. The second-order valence-corrected chi connectivity index (χ2v) is 6.25. The van der Waals surface area contributed by atoms with Crippen LogP contribution < -0.4 is 9.47 Å². The molecule has 0 aliphatic rings. The Labute approximate surface area is 169 Å². The van der Waals surface area contributed by atoms with E-state index in [1.165, 1.54) is 0 Å². The van der Waals surface area contributed by atoms with Crippen molar-refractivity contribution in [2.75, 3.05) is 13.7 Å². The van der Waals surface area contributed by atoms with Gasteiger partial charge in [-0.15, -0.1) is 0 Å². The summed E-state index contributed by atoms with van der Waals surface area (Å²) in [4.78, 5) is 16.5. The third-order valence-corrected chi connectivity index (χ3v) is 4.18. The number of carbonyl (C=O) groups is 1. The Bertz CT molecular complexity index is 992. The number of aromatic nitrogens is 1. The summed E-state index contributed by atoms with van der Waals surface area (Å²) in [6.07, 6.45) is 3.88. The SMILES string of the molecule is C/C=C/c1ccc(OCC(=O)OCc2nc(-c3ccccc3)oc2C)c(OC)c1. The van der Waals surface area contributed by atoms with Gasteiger partial charge in [0.05, 0.1) is 7.11 Å². The molecular formula is C23H23NO5. The first-order valence-electron chi connectivity index (χ1n) is 9.21. The maximum absolute atomic E-state index is 12.1. The van der Waals surface area contributed by atoms with Crippen LogP contribution in [0.2, 0.25) is 0 Å². The first kappa shape index (κ1) is 20.2. The molecule has 0 amide bonds. The van der Waals surface area contributed by atoms with Gasteiger partial charge in [0, 0.05) is 5.56 Å². The second-order valence-electron chi connectivity index (χ2n) is 6.25. The molecule has 0 N–H and O–H groups in total. The number of ether oxygens (including phenoxy) is 3. The number of esters is 1. The first-order chi connectivity index (χ1) is 14.1. The van der Waals surface area contributed by atoms with E-state index in [1.807, 2.05) is 61.5 Å².